The van der Waals surface area contributed by atoms with E-state index in [1.807, 2.05) is 19.9 Å². The molecule has 4 rings (SSSR count). The van der Waals surface area contributed by atoms with Crippen molar-refractivity contribution in [2.24, 2.45) is 5.73 Å². The average Bonchev–Trinajstić information content (AvgIpc) is 2.90. The molecule has 2 aromatic carbocycles. The first-order valence-electron chi connectivity index (χ1n) is 14.0. The molecular weight excluding hydrogens is 555 g/mol. The highest BCUT2D eigenvalue weighted by atomic mass is 19.1. The summed E-state index contributed by atoms with van der Waals surface area (Å²) < 4.78 is 24.1. The number of nitrogens with one attached hydrogen (secondary N) is 2. The van der Waals surface area contributed by atoms with Gasteiger partial charge in [0, 0.05) is 23.5 Å². The van der Waals surface area contributed by atoms with E-state index >= 15 is 0 Å². The number of nitrogens with zero attached hydrogens (tertiary/aromatic N) is 3. The van der Waals surface area contributed by atoms with E-state index in [2.05, 4.69) is 27.4 Å². The molecule has 2 atom stereocenters. The van der Waals surface area contributed by atoms with Crippen molar-refractivity contribution in [1.29, 1.82) is 0 Å². The minimum atomic E-state index is -1.31. The lowest BCUT2D eigenvalue weighted by molar-refractivity contribution is -0.138. The maximum absolute atomic E-state index is 13.3. The number of anilines is 3. The Morgan fingerprint density at radius 2 is 1.81 bits per heavy atom. The zero-order valence-corrected chi connectivity index (χ0v) is 25.2. The number of nitrogens with two attached hydrogens (primary N) is 1. The van der Waals surface area contributed by atoms with Crippen LogP contribution in [0.2, 0.25) is 0 Å². The summed E-state index contributed by atoms with van der Waals surface area (Å²) in [7, 11) is 0. The number of carbonyl (C=O) groups excluding carboxylic acids is 3. The van der Waals surface area contributed by atoms with Crippen molar-refractivity contribution in [1.82, 2.24) is 15.3 Å². The fourth-order valence-electron chi connectivity index (χ4n) is 4.80. The highest BCUT2D eigenvalue weighted by molar-refractivity contribution is 5.88. The Balaban J connectivity index is 1.51. The van der Waals surface area contributed by atoms with Crippen LogP contribution in [0.4, 0.5) is 26.6 Å². The van der Waals surface area contributed by atoms with Gasteiger partial charge in [-0.05, 0) is 95.5 Å². The van der Waals surface area contributed by atoms with Gasteiger partial charge in [-0.15, -0.1) is 0 Å². The Labute approximate surface area is 250 Å². The third-order valence-corrected chi connectivity index (χ3v) is 6.99. The summed E-state index contributed by atoms with van der Waals surface area (Å²) in [6.45, 7) is 11.7. The van der Waals surface area contributed by atoms with Crippen LogP contribution in [0.1, 0.15) is 62.5 Å². The van der Waals surface area contributed by atoms with Crippen LogP contribution in [0.3, 0.4) is 0 Å². The molecule has 0 spiro atoms. The average molecular weight is 593 g/mol. The molecule has 4 N–H and O–H groups in total. The second kappa shape index (κ2) is 12.6. The smallest absolute Gasteiger partial charge is 0.408 e. The topological polar surface area (TPSA) is 149 Å². The maximum Gasteiger partial charge on any atom is 0.408 e. The number of halogens is 1. The van der Waals surface area contributed by atoms with Crippen LogP contribution < -0.4 is 26.0 Å². The van der Waals surface area contributed by atoms with Crippen LogP contribution in [-0.4, -0.2) is 46.1 Å². The third kappa shape index (κ3) is 7.97. The Hall–Kier alpha value is -4.74. The van der Waals surface area contributed by atoms with Crippen molar-refractivity contribution < 1.29 is 28.2 Å². The molecule has 1 aliphatic rings. The van der Waals surface area contributed by atoms with Gasteiger partial charge < -0.3 is 30.7 Å². The van der Waals surface area contributed by atoms with Gasteiger partial charge in [0.2, 0.25) is 11.9 Å². The van der Waals surface area contributed by atoms with E-state index in [9.17, 15) is 18.8 Å². The zero-order chi connectivity index (χ0) is 31.5. The van der Waals surface area contributed by atoms with Gasteiger partial charge in [0.25, 0.3) is 0 Å². The number of primary amides is 1. The highest BCUT2D eigenvalue weighted by Crippen LogP contribution is 2.36. The largest absolute Gasteiger partial charge is 0.444 e. The molecule has 2 amide bonds. The van der Waals surface area contributed by atoms with Gasteiger partial charge in [0.15, 0.2) is 0 Å². The zero-order valence-electron chi connectivity index (χ0n) is 25.2. The van der Waals surface area contributed by atoms with Crippen LogP contribution in [0, 0.1) is 19.7 Å². The number of carbonyl (C=O) groups is 3. The van der Waals surface area contributed by atoms with E-state index in [-0.39, 0.29) is 17.6 Å². The normalized spacial score (nSPS) is 15.2. The molecule has 2 unspecified atom stereocenters. The highest BCUT2D eigenvalue weighted by Gasteiger charge is 2.30. The number of benzene rings is 2. The summed E-state index contributed by atoms with van der Waals surface area (Å²) in [6.07, 6.45) is -0.652. The van der Waals surface area contributed by atoms with Gasteiger partial charge in [-0.1, -0.05) is 6.07 Å². The molecule has 43 heavy (non-hydrogen) atoms. The van der Waals surface area contributed by atoms with Crippen LogP contribution in [-0.2, 0) is 20.7 Å². The first-order chi connectivity index (χ1) is 20.2. The predicted octanol–water partition coefficient (Wildman–Crippen LogP) is 4.77. The third-order valence-electron chi connectivity index (χ3n) is 6.99. The SMILES string of the molecule is Cc1nc(Nc2ccc(F)cc2)nc(N2CCc3cc(OC(=O)C(CC(N)=O)NC(=O)OC(C)(C)C)ccc3C2C)c1C. The number of ether oxygens (including phenoxy) is 2. The fraction of sp³-hybridized carbons (Fsp3) is 0.387. The van der Waals surface area contributed by atoms with E-state index in [1.165, 1.54) is 12.1 Å². The standard InChI is InChI=1S/C31H37FN6O5/c1-17-18(2)34-29(35-22-9-7-21(32)8-10-22)37-27(17)38-14-13-20-15-23(11-12-24(20)19(38)3)42-28(40)25(16-26(33)39)36-30(41)43-31(4,5)6/h7-12,15,19,25H,13-14,16H2,1-6H3,(H2,33,39)(H,36,41)(H,34,35,37). The van der Waals surface area contributed by atoms with Gasteiger partial charge in [-0.2, -0.15) is 4.98 Å². The Morgan fingerprint density at radius 3 is 2.47 bits per heavy atom. The lowest BCUT2D eigenvalue weighted by atomic mass is 9.93. The number of rotatable bonds is 8. The van der Waals surface area contributed by atoms with Crippen molar-refractivity contribution >= 4 is 35.4 Å². The molecule has 2 heterocycles. The van der Waals surface area contributed by atoms with Crippen molar-refractivity contribution in [2.75, 3.05) is 16.8 Å². The molecule has 0 saturated heterocycles. The number of hydrogen-bond donors (Lipinski definition) is 3. The number of aryl methyl sites for hydroxylation is 1. The second-order valence-electron chi connectivity index (χ2n) is 11.5. The van der Waals surface area contributed by atoms with E-state index < -0.39 is 36.0 Å². The Kier molecular flexibility index (Phi) is 9.17. The van der Waals surface area contributed by atoms with E-state index in [1.54, 1.807) is 45.0 Å². The summed E-state index contributed by atoms with van der Waals surface area (Å²) in [5.41, 5.74) is 8.98. The second-order valence-corrected chi connectivity index (χ2v) is 11.5. The maximum atomic E-state index is 13.3. The van der Waals surface area contributed by atoms with Crippen LogP contribution in [0.25, 0.3) is 0 Å². The molecular formula is C31H37FN6O5. The first-order valence-corrected chi connectivity index (χ1v) is 14.0. The lowest BCUT2D eigenvalue weighted by Crippen LogP contribution is -2.47. The lowest BCUT2D eigenvalue weighted by Gasteiger charge is -2.37. The summed E-state index contributed by atoms with van der Waals surface area (Å²) in [4.78, 5) is 48.3. The first kappa shape index (κ1) is 31.2. The van der Waals surface area contributed by atoms with E-state index in [0.29, 0.717) is 24.6 Å². The number of alkyl carbamates (subject to hydrolysis) is 1. The molecule has 0 radical (unpaired) electrons. The van der Waals surface area contributed by atoms with Gasteiger partial charge in [-0.25, -0.2) is 19.0 Å². The minimum absolute atomic E-state index is 0.0587. The van der Waals surface area contributed by atoms with Gasteiger partial charge in [0.05, 0.1) is 12.5 Å². The molecule has 3 aromatic rings. The summed E-state index contributed by atoms with van der Waals surface area (Å²) in [6, 6.07) is 9.98. The Morgan fingerprint density at radius 1 is 1.12 bits per heavy atom. The number of amides is 2. The molecule has 0 aliphatic carbocycles. The van der Waals surface area contributed by atoms with Gasteiger partial charge in [-0.3, -0.25) is 4.79 Å². The molecule has 0 fully saturated rings. The van der Waals surface area contributed by atoms with Gasteiger partial charge in [0.1, 0.15) is 29.0 Å². The molecule has 1 aliphatic heterocycles. The van der Waals surface area contributed by atoms with Crippen molar-refractivity contribution in [2.45, 2.75) is 72.1 Å². The van der Waals surface area contributed by atoms with Crippen molar-refractivity contribution in [3.05, 3.63) is 70.7 Å². The molecule has 228 valence electrons. The number of hydrogen-bond acceptors (Lipinski definition) is 9. The van der Waals surface area contributed by atoms with Crippen LogP contribution in [0.5, 0.6) is 5.75 Å². The molecule has 0 saturated carbocycles. The minimum Gasteiger partial charge on any atom is -0.444 e. The summed E-state index contributed by atoms with van der Waals surface area (Å²) >= 11 is 0. The summed E-state index contributed by atoms with van der Waals surface area (Å²) in [5, 5.41) is 5.53. The number of aromatic nitrogens is 2. The Bertz CT molecular complexity index is 1520. The predicted molar refractivity (Wildman–Crippen MR) is 160 cm³/mol. The monoisotopic (exact) mass is 592 g/mol. The molecule has 11 nitrogen and oxygen atoms in total. The van der Waals surface area contributed by atoms with Gasteiger partial charge >= 0.3 is 12.1 Å². The number of fused-ring (bicyclic) bond motifs is 1. The molecule has 0 bridgehead atoms. The van der Waals surface area contributed by atoms with Crippen LogP contribution in [0.15, 0.2) is 42.5 Å². The quantitative estimate of drug-likeness (QED) is 0.248. The molecule has 1 aromatic heterocycles. The summed E-state index contributed by atoms with van der Waals surface area (Å²) in [5.74, 6) is -0.450. The number of esters is 1. The molecule has 12 heteroatoms. The van der Waals surface area contributed by atoms with Crippen LogP contribution >= 0.6 is 0 Å². The van der Waals surface area contributed by atoms with E-state index in [0.717, 1.165) is 28.2 Å². The van der Waals surface area contributed by atoms with Crippen molar-refractivity contribution in [3.8, 4) is 5.75 Å². The van der Waals surface area contributed by atoms with E-state index in [4.69, 9.17) is 20.2 Å². The fourth-order valence-corrected chi connectivity index (χ4v) is 4.80. The van der Waals surface area contributed by atoms with Crippen molar-refractivity contribution in [3.63, 3.8) is 0 Å².